The molecule has 1 fully saturated rings. The topological polar surface area (TPSA) is 92.5 Å². The van der Waals surface area contributed by atoms with Crippen LogP contribution >= 0.6 is 15.9 Å². The van der Waals surface area contributed by atoms with Gasteiger partial charge in [0.2, 0.25) is 10.0 Å². The number of amides is 1. The van der Waals surface area contributed by atoms with Crippen molar-refractivity contribution >= 4 is 37.5 Å². The van der Waals surface area contributed by atoms with Crippen LogP contribution < -0.4 is 10.5 Å². The Bertz CT molecular complexity index is 648. The van der Waals surface area contributed by atoms with Crippen molar-refractivity contribution in [3.8, 4) is 0 Å². The number of nitrogen functional groups attached to an aromatic ring is 1. The standard InChI is InChI=1S/C13H18BrN3O3S/c1-21(19,20)16-10-3-2-6-17(8-10)13(18)9-4-5-12(15)11(14)7-9/h4-5,7,10,16H,2-3,6,8,15H2,1H3. The number of rotatable bonds is 3. The molecule has 3 N–H and O–H groups in total. The van der Waals surface area contributed by atoms with Gasteiger partial charge in [0, 0.05) is 34.9 Å². The maximum absolute atomic E-state index is 12.5. The minimum atomic E-state index is -3.26. The molecule has 1 aromatic rings. The molecule has 1 aromatic carbocycles. The highest BCUT2D eigenvalue weighted by molar-refractivity contribution is 9.10. The number of benzene rings is 1. The number of nitrogens with two attached hydrogens (primary N) is 1. The van der Waals surface area contributed by atoms with Crippen LogP contribution in [0.5, 0.6) is 0 Å². The van der Waals surface area contributed by atoms with Crippen molar-refractivity contribution in [2.45, 2.75) is 18.9 Å². The number of anilines is 1. The van der Waals surface area contributed by atoms with Gasteiger partial charge in [-0.2, -0.15) is 0 Å². The number of sulfonamides is 1. The van der Waals surface area contributed by atoms with E-state index in [1.807, 2.05) is 0 Å². The average molecular weight is 376 g/mol. The van der Waals surface area contributed by atoms with Gasteiger partial charge in [0.1, 0.15) is 0 Å². The first-order valence-electron chi connectivity index (χ1n) is 6.58. The zero-order valence-electron chi connectivity index (χ0n) is 11.7. The number of carbonyl (C=O) groups excluding carboxylic acids is 1. The molecule has 8 heteroatoms. The molecular weight excluding hydrogens is 358 g/mol. The number of halogens is 1. The van der Waals surface area contributed by atoms with Gasteiger partial charge in [0.15, 0.2) is 0 Å². The molecule has 0 spiro atoms. The average Bonchev–Trinajstić information content (AvgIpc) is 2.39. The van der Waals surface area contributed by atoms with E-state index in [4.69, 9.17) is 5.73 Å². The molecule has 0 saturated carbocycles. The van der Waals surface area contributed by atoms with Crippen molar-refractivity contribution in [1.82, 2.24) is 9.62 Å². The number of hydrogen-bond acceptors (Lipinski definition) is 4. The Morgan fingerprint density at radius 3 is 2.81 bits per heavy atom. The van der Waals surface area contributed by atoms with E-state index in [9.17, 15) is 13.2 Å². The van der Waals surface area contributed by atoms with Crippen molar-refractivity contribution in [2.75, 3.05) is 25.1 Å². The van der Waals surface area contributed by atoms with Gasteiger partial charge in [-0.05, 0) is 47.0 Å². The van der Waals surface area contributed by atoms with Crippen molar-refractivity contribution in [2.24, 2.45) is 0 Å². The minimum absolute atomic E-state index is 0.115. The minimum Gasteiger partial charge on any atom is -0.398 e. The quantitative estimate of drug-likeness (QED) is 0.775. The van der Waals surface area contributed by atoms with Crippen molar-refractivity contribution in [1.29, 1.82) is 0 Å². The second-order valence-corrected chi connectivity index (χ2v) is 7.85. The fraction of sp³-hybridized carbons (Fsp3) is 0.462. The van der Waals surface area contributed by atoms with Crippen molar-refractivity contribution in [3.63, 3.8) is 0 Å². The summed E-state index contributed by atoms with van der Waals surface area (Å²) in [4.78, 5) is 14.1. The van der Waals surface area contributed by atoms with Crippen molar-refractivity contribution < 1.29 is 13.2 Å². The second-order valence-electron chi connectivity index (χ2n) is 5.22. The molecule has 6 nitrogen and oxygen atoms in total. The summed E-state index contributed by atoms with van der Waals surface area (Å²) in [7, 11) is -3.26. The SMILES string of the molecule is CS(=O)(=O)NC1CCCN(C(=O)c2ccc(N)c(Br)c2)C1. The number of likely N-dealkylation sites (tertiary alicyclic amines) is 1. The predicted molar refractivity (Wildman–Crippen MR) is 85.5 cm³/mol. The molecule has 1 heterocycles. The summed E-state index contributed by atoms with van der Waals surface area (Å²) in [6.45, 7) is 1.01. The molecule has 1 atom stereocenters. The fourth-order valence-electron chi connectivity index (χ4n) is 2.40. The van der Waals surface area contributed by atoms with Crippen LogP contribution in [0, 0.1) is 0 Å². The summed E-state index contributed by atoms with van der Waals surface area (Å²) in [6.07, 6.45) is 2.64. The third kappa shape index (κ3) is 4.42. The highest BCUT2D eigenvalue weighted by Crippen LogP contribution is 2.22. The van der Waals surface area contributed by atoms with E-state index in [-0.39, 0.29) is 11.9 Å². The highest BCUT2D eigenvalue weighted by Gasteiger charge is 2.26. The molecule has 21 heavy (non-hydrogen) atoms. The highest BCUT2D eigenvalue weighted by atomic mass is 79.9. The van der Waals surface area contributed by atoms with E-state index in [1.54, 1.807) is 23.1 Å². The van der Waals surface area contributed by atoms with Gasteiger partial charge in [-0.25, -0.2) is 13.1 Å². The lowest BCUT2D eigenvalue weighted by Gasteiger charge is -2.32. The van der Waals surface area contributed by atoms with Crippen LogP contribution in [0.3, 0.4) is 0 Å². The van der Waals surface area contributed by atoms with Gasteiger partial charge in [-0.1, -0.05) is 0 Å². The zero-order chi connectivity index (χ0) is 15.6. The molecule has 2 rings (SSSR count). The van der Waals surface area contributed by atoms with E-state index in [0.717, 1.165) is 19.1 Å². The normalized spacial score (nSPS) is 19.5. The monoisotopic (exact) mass is 375 g/mol. The van der Waals surface area contributed by atoms with Gasteiger partial charge in [-0.15, -0.1) is 0 Å². The summed E-state index contributed by atoms with van der Waals surface area (Å²) in [5.74, 6) is -0.115. The Labute approximate surface area is 132 Å². The van der Waals surface area contributed by atoms with E-state index < -0.39 is 10.0 Å². The number of nitrogens with zero attached hydrogens (tertiary/aromatic N) is 1. The van der Waals surface area contributed by atoms with Crippen LogP contribution in [0.15, 0.2) is 22.7 Å². The summed E-state index contributed by atoms with van der Waals surface area (Å²) in [6, 6.07) is 4.81. The Kier molecular flexibility index (Phi) is 4.90. The van der Waals surface area contributed by atoms with Crippen LogP contribution in [-0.2, 0) is 10.0 Å². The molecule has 116 valence electrons. The molecule has 0 aliphatic carbocycles. The van der Waals surface area contributed by atoms with Crippen LogP contribution in [0.25, 0.3) is 0 Å². The third-order valence-corrected chi connectivity index (χ3v) is 4.78. The van der Waals surface area contributed by atoms with Gasteiger partial charge >= 0.3 is 0 Å². The van der Waals surface area contributed by atoms with E-state index in [0.29, 0.717) is 28.8 Å². The predicted octanol–water partition coefficient (Wildman–Crippen LogP) is 1.19. The first-order chi connectivity index (χ1) is 9.76. The van der Waals surface area contributed by atoms with Gasteiger partial charge in [0.05, 0.1) is 6.26 Å². The van der Waals surface area contributed by atoms with Crippen LogP contribution in [0.4, 0.5) is 5.69 Å². The summed E-state index contributed by atoms with van der Waals surface area (Å²) < 4.78 is 25.8. The third-order valence-electron chi connectivity index (χ3n) is 3.34. The fourth-order valence-corrected chi connectivity index (χ4v) is 3.58. The maximum Gasteiger partial charge on any atom is 0.253 e. The van der Waals surface area contributed by atoms with Gasteiger partial charge < -0.3 is 10.6 Å². The zero-order valence-corrected chi connectivity index (χ0v) is 14.1. The molecule has 0 radical (unpaired) electrons. The van der Waals surface area contributed by atoms with Crippen LogP contribution in [0.2, 0.25) is 0 Å². The van der Waals surface area contributed by atoms with E-state index in [2.05, 4.69) is 20.7 Å². The molecule has 1 saturated heterocycles. The van der Waals surface area contributed by atoms with Gasteiger partial charge in [-0.3, -0.25) is 4.79 Å². The molecule has 0 bridgehead atoms. The lowest BCUT2D eigenvalue weighted by atomic mass is 10.1. The lowest BCUT2D eigenvalue weighted by Crippen LogP contribution is -2.49. The molecule has 1 aliphatic heterocycles. The summed E-state index contributed by atoms with van der Waals surface area (Å²) in [5.41, 5.74) is 6.82. The first-order valence-corrected chi connectivity index (χ1v) is 9.26. The molecule has 1 amide bonds. The summed E-state index contributed by atoms with van der Waals surface area (Å²) in [5, 5.41) is 0. The second kappa shape index (κ2) is 6.33. The maximum atomic E-state index is 12.5. The van der Waals surface area contributed by atoms with E-state index in [1.165, 1.54) is 0 Å². The van der Waals surface area contributed by atoms with Crippen LogP contribution in [-0.4, -0.2) is 44.6 Å². The Balaban J connectivity index is 2.10. The Hall–Kier alpha value is -1.12. The Morgan fingerprint density at radius 2 is 2.19 bits per heavy atom. The smallest absolute Gasteiger partial charge is 0.253 e. The summed E-state index contributed by atoms with van der Waals surface area (Å²) >= 11 is 3.30. The van der Waals surface area contributed by atoms with Gasteiger partial charge in [0.25, 0.3) is 5.91 Å². The largest absolute Gasteiger partial charge is 0.398 e. The lowest BCUT2D eigenvalue weighted by molar-refractivity contribution is 0.0703. The number of piperidine rings is 1. The van der Waals surface area contributed by atoms with Crippen molar-refractivity contribution in [3.05, 3.63) is 28.2 Å². The molecule has 0 aromatic heterocycles. The molecule has 1 aliphatic rings. The number of hydrogen-bond donors (Lipinski definition) is 2. The van der Waals surface area contributed by atoms with Crippen LogP contribution in [0.1, 0.15) is 23.2 Å². The molecule has 1 unspecified atom stereocenters. The number of nitrogens with one attached hydrogen (secondary N) is 1. The Morgan fingerprint density at radius 1 is 1.48 bits per heavy atom. The van der Waals surface area contributed by atoms with E-state index >= 15 is 0 Å². The number of carbonyl (C=O) groups is 1. The first kappa shape index (κ1) is 16.3. The molecular formula is C13H18BrN3O3S.